The first kappa shape index (κ1) is 21.0. The normalized spacial score (nSPS) is 15.7. The number of nitrogens with zero attached hydrogens (tertiary/aromatic N) is 2. The summed E-state index contributed by atoms with van der Waals surface area (Å²) < 4.78 is 13.1. The number of carbonyl (C=O) groups excluding carboxylic acids is 1. The van der Waals surface area contributed by atoms with Gasteiger partial charge in [0.25, 0.3) is 0 Å². The van der Waals surface area contributed by atoms with Crippen LogP contribution < -0.4 is 16.2 Å². The van der Waals surface area contributed by atoms with Crippen molar-refractivity contribution in [3.8, 4) is 0 Å². The molecule has 30 heavy (non-hydrogen) atoms. The molecule has 0 radical (unpaired) electrons. The third kappa shape index (κ3) is 4.28. The predicted molar refractivity (Wildman–Crippen MR) is 118 cm³/mol. The Bertz CT molecular complexity index is 1160. The Hall–Kier alpha value is -2.23. The number of aromatic nitrogens is 2. The molecule has 3 heterocycles. The fourth-order valence-electron chi connectivity index (χ4n) is 3.59. The summed E-state index contributed by atoms with van der Waals surface area (Å²) in [6.07, 6.45) is 1.19. The van der Waals surface area contributed by atoms with Crippen LogP contribution in [0, 0.1) is 0 Å². The number of ether oxygens (including phenoxy) is 1. The summed E-state index contributed by atoms with van der Waals surface area (Å²) in [6.45, 7) is 7.41. The zero-order valence-electron chi connectivity index (χ0n) is 17.3. The van der Waals surface area contributed by atoms with Crippen molar-refractivity contribution < 1.29 is 13.9 Å². The SMILES string of the molecule is CC(C)(C)OC(=O)n1c(CNC2CCNCC2)nc2c(oc3ccc(Br)cc32)c1=O. The minimum absolute atomic E-state index is 0.0413. The number of furan rings is 1. The molecule has 0 aliphatic carbocycles. The minimum Gasteiger partial charge on any atom is -0.448 e. The smallest absolute Gasteiger partial charge is 0.423 e. The summed E-state index contributed by atoms with van der Waals surface area (Å²) in [7, 11) is 0. The molecule has 0 spiro atoms. The van der Waals surface area contributed by atoms with Gasteiger partial charge in [-0.25, -0.2) is 9.78 Å². The third-order valence-corrected chi connectivity index (χ3v) is 5.48. The van der Waals surface area contributed by atoms with Crippen LogP contribution in [0.4, 0.5) is 4.79 Å². The number of halogens is 1. The van der Waals surface area contributed by atoms with E-state index in [1.807, 2.05) is 12.1 Å². The second-order valence-corrected chi connectivity index (χ2v) is 9.39. The summed E-state index contributed by atoms with van der Waals surface area (Å²) in [6, 6.07) is 5.75. The van der Waals surface area contributed by atoms with Gasteiger partial charge in [-0.05, 0) is 64.9 Å². The van der Waals surface area contributed by atoms with Gasteiger partial charge in [0.1, 0.15) is 22.5 Å². The monoisotopic (exact) mass is 476 g/mol. The average molecular weight is 477 g/mol. The first-order chi connectivity index (χ1) is 14.2. The van der Waals surface area contributed by atoms with E-state index in [0.29, 0.717) is 23.0 Å². The lowest BCUT2D eigenvalue weighted by Crippen LogP contribution is -2.42. The Morgan fingerprint density at radius 3 is 2.80 bits per heavy atom. The summed E-state index contributed by atoms with van der Waals surface area (Å²) in [5, 5.41) is 7.47. The van der Waals surface area contributed by atoms with Crippen molar-refractivity contribution in [3.05, 3.63) is 38.9 Å². The molecule has 0 atom stereocenters. The summed E-state index contributed by atoms with van der Waals surface area (Å²) in [5.41, 5.74) is -0.289. The number of fused-ring (bicyclic) bond motifs is 3. The van der Waals surface area contributed by atoms with Gasteiger partial charge in [0.15, 0.2) is 0 Å². The van der Waals surface area contributed by atoms with Crippen LogP contribution in [0.3, 0.4) is 0 Å². The summed E-state index contributed by atoms with van der Waals surface area (Å²) >= 11 is 3.45. The molecule has 2 aromatic heterocycles. The van der Waals surface area contributed by atoms with Crippen molar-refractivity contribution in [3.63, 3.8) is 0 Å². The zero-order chi connectivity index (χ0) is 21.5. The number of nitrogens with one attached hydrogen (secondary N) is 2. The Morgan fingerprint density at radius 2 is 2.10 bits per heavy atom. The number of hydrogen-bond donors (Lipinski definition) is 2. The Kier molecular flexibility index (Phi) is 5.69. The van der Waals surface area contributed by atoms with E-state index in [4.69, 9.17) is 9.15 Å². The van der Waals surface area contributed by atoms with E-state index in [1.54, 1.807) is 26.8 Å². The number of rotatable bonds is 3. The van der Waals surface area contributed by atoms with E-state index < -0.39 is 17.3 Å². The van der Waals surface area contributed by atoms with Crippen LogP contribution in [-0.4, -0.2) is 40.4 Å². The van der Waals surface area contributed by atoms with E-state index in [9.17, 15) is 9.59 Å². The molecular weight excluding hydrogens is 452 g/mol. The summed E-state index contributed by atoms with van der Waals surface area (Å²) in [5.74, 6) is 0.308. The van der Waals surface area contributed by atoms with Gasteiger partial charge < -0.3 is 19.8 Å². The zero-order valence-corrected chi connectivity index (χ0v) is 18.8. The lowest BCUT2D eigenvalue weighted by Gasteiger charge is -2.24. The molecular formula is C21H25BrN4O4. The molecule has 9 heteroatoms. The maximum atomic E-state index is 13.3. The van der Waals surface area contributed by atoms with Crippen molar-refractivity contribution >= 4 is 44.1 Å². The van der Waals surface area contributed by atoms with Crippen molar-refractivity contribution in [1.82, 2.24) is 20.2 Å². The van der Waals surface area contributed by atoms with Gasteiger partial charge in [-0.1, -0.05) is 15.9 Å². The molecule has 4 rings (SSSR count). The van der Waals surface area contributed by atoms with Gasteiger partial charge in [0.2, 0.25) is 5.58 Å². The second kappa shape index (κ2) is 8.13. The maximum Gasteiger partial charge on any atom is 0.423 e. The van der Waals surface area contributed by atoms with E-state index in [-0.39, 0.29) is 12.1 Å². The number of hydrogen-bond acceptors (Lipinski definition) is 7. The van der Waals surface area contributed by atoms with Gasteiger partial charge in [-0.3, -0.25) is 4.79 Å². The first-order valence-corrected chi connectivity index (χ1v) is 10.8. The molecule has 1 aromatic carbocycles. The largest absolute Gasteiger partial charge is 0.448 e. The highest BCUT2D eigenvalue weighted by Gasteiger charge is 2.26. The molecule has 0 unspecified atom stereocenters. The molecule has 1 saturated heterocycles. The molecule has 1 aliphatic rings. The first-order valence-electron chi connectivity index (χ1n) is 10.0. The Morgan fingerprint density at radius 1 is 1.37 bits per heavy atom. The van der Waals surface area contributed by atoms with E-state index in [1.165, 1.54) is 0 Å². The van der Waals surface area contributed by atoms with Crippen molar-refractivity contribution in [2.45, 2.75) is 51.8 Å². The highest BCUT2D eigenvalue weighted by molar-refractivity contribution is 9.10. The van der Waals surface area contributed by atoms with Gasteiger partial charge in [-0.2, -0.15) is 4.57 Å². The Balaban J connectivity index is 1.82. The summed E-state index contributed by atoms with van der Waals surface area (Å²) in [4.78, 5) is 30.8. The highest BCUT2D eigenvalue weighted by Crippen LogP contribution is 2.28. The number of carbonyl (C=O) groups is 1. The topological polar surface area (TPSA) is 98.4 Å². The molecule has 0 bridgehead atoms. The van der Waals surface area contributed by atoms with Crippen LogP contribution in [0.2, 0.25) is 0 Å². The van der Waals surface area contributed by atoms with Crippen LogP contribution in [0.5, 0.6) is 0 Å². The van der Waals surface area contributed by atoms with Crippen molar-refractivity contribution in [1.29, 1.82) is 0 Å². The molecule has 3 aromatic rings. The van der Waals surface area contributed by atoms with E-state index >= 15 is 0 Å². The van der Waals surface area contributed by atoms with Crippen molar-refractivity contribution in [2.24, 2.45) is 0 Å². The predicted octanol–water partition coefficient (Wildman–Crippen LogP) is 3.53. The maximum absolute atomic E-state index is 13.3. The van der Waals surface area contributed by atoms with Gasteiger partial charge in [0.05, 0.1) is 6.54 Å². The van der Waals surface area contributed by atoms with Crippen LogP contribution in [-0.2, 0) is 11.3 Å². The molecule has 8 nitrogen and oxygen atoms in total. The Labute approximate surface area is 182 Å². The fraction of sp³-hybridized carbons (Fsp3) is 0.476. The van der Waals surface area contributed by atoms with Crippen LogP contribution >= 0.6 is 15.9 Å². The lowest BCUT2D eigenvalue weighted by atomic mass is 10.1. The second-order valence-electron chi connectivity index (χ2n) is 8.47. The molecule has 1 aliphatic heterocycles. The van der Waals surface area contributed by atoms with Gasteiger partial charge >= 0.3 is 11.7 Å². The minimum atomic E-state index is -0.759. The number of piperidine rings is 1. The van der Waals surface area contributed by atoms with Crippen molar-refractivity contribution in [2.75, 3.05) is 13.1 Å². The number of benzene rings is 1. The lowest BCUT2D eigenvalue weighted by molar-refractivity contribution is 0.0523. The fourth-order valence-corrected chi connectivity index (χ4v) is 3.95. The molecule has 160 valence electrons. The van der Waals surface area contributed by atoms with Crippen LogP contribution in [0.25, 0.3) is 22.1 Å². The van der Waals surface area contributed by atoms with E-state index in [0.717, 1.165) is 40.4 Å². The molecule has 0 amide bonds. The van der Waals surface area contributed by atoms with Gasteiger partial charge in [-0.15, -0.1) is 0 Å². The quantitative estimate of drug-likeness (QED) is 0.596. The van der Waals surface area contributed by atoms with Gasteiger partial charge in [0, 0.05) is 15.9 Å². The molecule has 1 fully saturated rings. The standard InChI is InChI=1S/C21H25BrN4O4/c1-21(2,3)30-20(28)26-16(11-24-13-6-8-23-9-7-13)25-17-14-10-12(22)4-5-15(14)29-18(17)19(26)27/h4-5,10,13,23-24H,6-9,11H2,1-3H3. The average Bonchev–Trinajstić information content (AvgIpc) is 3.04. The third-order valence-electron chi connectivity index (χ3n) is 4.98. The van der Waals surface area contributed by atoms with Crippen LogP contribution in [0.1, 0.15) is 39.4 Å². The molecule has 2 N–H and O–H groups in total. The molecule has 0 saturated carbocycles. The highest BCUT2D eigenvalue weighted by atomic mass is 79.9. The van der Waals surface area contributed by atoms with E-state index in [2.05, 4.69) is 31.5 Å². The van der Waals surface area contributed by atoms with Crippen LogP contribution in [0.15, 0.2) is 31.9 Å².